The van der Waals surface area contributed by atoms with Gasteiger partial charge in [-0.2, -0.15) is 0 Å². The molecule has 1 fully saturated rings. The first-order valence-electron chi connectivity index (χ1n) is 5.44. The predicted molar refractivity (Wildman–Crippen MR) is 71.1 cm³/mol. The van der Waals surface area contributed by atoms with Crippen molar-refractivity contribution >= 4 is 22.4 Å². The first-order chi connectivity index (χ1) is 6.68. The number of rotatable bonds is 3. The summed E-state index contributed by atoms with van der Waals surface area (Å²) in [7, 11) is -2.73. The minimum absolute atomic E-state index is 1.01. The van der Waals surface area contributed by atoms with Crippen LogP contribution in [0.5, 0.6) is 0 Å². The Morgan fingerprint density at radius 2 is 1.20 bits per heavy atom. The van der Waals surface area contributed by atoms with Gasteiger partial charge in [-0.3, -0.25) is 0 Å². The minimum Gasteiger partial charge on any atom is -0.303 e. The zero-order valence-electron chi connectivity index (χ0n) is 10.6. The van der Waals surface area contributed by atoms with E-state index in [2.05, 4.69) is 52.1 Å². The fourth-order valence-electron chi connectivity index (χ4n) is 1.93. The van der Waals surface area contributed by atoms with Gasteiger partial charge in [0.15, 0.2) is 0 Å². The maximum atomic E-state index is 11.2. The molecule has 0 amide bonds. The van der Waals surface area contributed by atoms with Crippen molar-refractivity contribution in [3.63, 3.8) is 0 Å². The second-order valence-corrected chi connectivity index (χ2v) is 16.3. The summed E-state index contributed by atoms with van der Waals surface area (Å²) in [5, 5.41) is 0. The van der Waals surface area contributed by atoms with Crippen LogP contribution in [-0.4, -0.2) is 22.4 Å². The number of hydrogen-bond acceptors (Lipinski definition) is 1. The van der Waals surface area contributed by atoms with Gasteiger partial charge in [-0.25, -0.2) is 0 Å². The molecule has 0 bridgehead atoms. The lowest BCUT2D eigenvalue weighted by atomic mass is 10.1. The molecule has 1 aliphatic carbocycles. The lowest BCUT2D eigenvalue weighted by molar-refractivity contribution is -0.105. The van der Waals surface area contributed by atoms with Crippen LogP contribution in [0, 0.1) is 29.8 Å². The Kier molecular flexibility index (Phi) is 3.66. The first-order valence-corrected chi connectivity index (χ1v) is 12.4. The fraction of sp³-hybridized carbons (Fsp3) is 0.500. The highest BCUT2D eigenvalue weighted by atomic mass is 28.3. The molecule has 0 atom stereocenters. The highest BCUT2D eigenvalue weighted by Crippen LogP contribution is 2.47. The smallest absolute Gasteiger partial charge is 0.127 e. The van der Waals surface area contributed by atoms with E-state index in [-0.39, 0.29) is 0 Å². The molecule has 3 heteroatoms. The Hall–Kier alpha value is 0.104. The van der Waals surface area contributed by atoms with Gasteiger partial charge in [-0.05, 0) is 23.9 Å². The van der Waals surface area contributed by atoms with E-state index in [1.165, 1.54) is 11.1 Å². The predicted octanol–water partition coefficient (Wildman–Crippen LogP) is 3.09. The maximum Gasteiger partial charge on any atom is 0.127 e. The molecule has 0 heterocycles. The summed E-state index contributed by atoms with van der Waals surface area (Å²) in [6.45, 7) is 13.8. The number of carbonyl (C=O) groups is 1. The van der Waals surface area contributed by atoms with Gasteiger partial charge >= 0.3 is 0 Å². The van der Waals surface area contributed by atoms with Gasteiger partial charge in [0.2, 0.25) is 0 Å². The van der Waals surface area contributed by atoms with Gasteiger partial charge in [0, 0.05) is 5.92 Å². The van der Waals surface area contributed by atoms with Crippen LogP contribution in [0.4, 0.5) is 0 Å². The van der Waals surface area contributed by atoms with E-state index in [1.807, 2.05) is 0 Å². The zero-order chi connectivity index (χ0) is 11.9. The van der Waals surface area contributed by atoms with E-state index in [1.54, 1.807) is 0 Å². The summed E-state index contributed by atoms with van der Waals surface area (Å²) in [6.07, 6.45) is 5.44. The largest absolute Gasteiger partial charge is 0.303 e. The first kappa shape index (κ1) is 13.2. The summed E-state index contributed by atoms with van der Waals surface area (Å²) in [5.74, 6) is 1.01. The minimum atomic E-state index is -1.37. The zero-order valence-corrected chi connectivity index (χ0v) is 12.6. The second-order valence-electron chi connectivity index (χ2n) is 6.19. The summed E-state index contributed by atoms with van der Waals surface area (Å²) in [5.41, 5.74) is 2.66. The van der Waals surface area contributed by atoms with Crippen molar-refractivity contribution in [2.24, 2.45) is 0 Å². The quantitative estimate of drug-likeness (QED) is 0.544. The summed E-state index contributed by atoms with van der Waals surface area (Å²) >= 11 is 0. The van der Waals surface area contributed by atoms with Crippen LogP contribution < -0.4 is 0 Å². The van der Waals surface area contributed by atoms with Crippen molar-refractivity contribution in [1.82, 2.24) is 0 Å². The summed E-state index contributed by atoms with van der Waals surface area (Å²) in [4.78, 5) is 11.2. The Morgan fingerprint density at radius 3 is 1.40 bits per heavy atom. The molecular formula is C12H21OSi2. The van der Waals surface area contributed by atoms with Gasteiger partial charge in [0.1, 0.15) is 6.29 Å². The van der Waals surface area contributed by atoms with Gasteiger partial charge in [0.05, 0.1) is 16.1 Å². The number of aldehydes is 1. The molecule has 0 unspecified atom stereocenters. The average Bonchev–Trinajstić information content (AvgIpc) is 2.43. The summed E-state index contributed by atoms with van der Waals surface area (Å²) in [6, 6.07) is 0. The standard InChI is InChI=1S/C12H21OSi2/c1-14(2,3)11-7-8-12(10(11)9-13)15(4,5)6/h7-9H,1-6H3. The van der Waals surface area contributed by atoms with E-state index >= 15 is 0 Å². The van der Waals surface area contributed by atoms with Gasteiger partial charge in [-0.1, -0.05) is 39.3 Å². The second kappa shape index (κ2) is 4.17. The van der Waals surface area contributed by atoms with Crippen LogP contribution in [-0.2, 0) is 4.79 Å². The topological polar surface area (TPSA) is 17.1 Å². The van der Waals surface area contributed by atoms with Gasteiger partial charge in [-0.15, -0.1) is 0 Å². The van der Waals surface area contributed by atoms with Crippen molar-refractivity contribution in [3.8, 4) is 0 Å². The van der Waals surface area contributed by atoms with Crippen LogP contribution in [0.3, 0.4) is 0 Å². The van der Waals surface area contributed by atoms with Gasteiger partial charge in [0.25, 0.3) is 0 Å². The molecular weight excluding hydrogens is 216 g/mol. The van der Waals surface area contributed by atoms with E-state index in [4.69, 9.17) is 0 Å². The van der Waals surface area contributed by atoms with Crippen molar-refractivity contribution in [2.45, 2.75) is 39.3 Å². The van der Waals surface area contributed by atoms with Crippen molar-refractivity contribution in [1.29, 1.82) is 0 Å². The Labute approximate surface area is 96.7 Å². The fourth-order valence-corrected chi connectivity index (χ4v) is 5.22. The van der Waals surface area contributed by atoms with Crippen LogP contribution >= 0.6 is 0 Å². The highest BCUT2D eigenvalue weighted by Gasteiger charge is 2.48. The normalized spacial score (nSPS) is 22.3. The van der Waals surface area contributed by atoms with Crippen LogP contribution in [0.2, 0.25) is 39.3 Å². The molecule has 1 nitrogen and oxygen atoms in total. The molecule has 0 spiro atoms. The highest BCUT2D eigenvalue weighted by molar-refractivity contribution is 6.87. The molecule has 0 saturated heterocycles. The van der Waals surface area contributed by atoms with Gasteiger partial charge < -0.3 is 4.79 Å². The molecule has 0 aliphatic heterocycles. The van der Waals surface area contributed by atoms with Crippen LogP contribution in [0.25, 0.3) is 0 Å². The lowest BCUT2D eigenvalue weighted by Crippen LogP contribution is -2.39. The molecule has 0 aromatic carbocycles. The third-order valence-corrected chi connectivity index (χ3v) is 6.83. The van der Waals surface area contributed by atoms with Crippen molar-refractivity contribution in [2.75, 3.05) is 0 Å². The molecule has 83 valence electrons. The molecule has 5 radical (unpaired) electrons. The summed E-state index contributed by atoms with van der Waals surface area (Å²) < 4.78 is 0. The van der Waals surface area contributed by atoms with Crippen molar-refractivity contribution in [3.05, 3.63) is 29.8 Å². The van der Waals surface area contributed by atoms with E-state index < -0.39 is 16.1 Å². The Balaban J connectivity index is 2.88. The maximum absolute atomic E-state index is 11.2. The molecule has 0 N–H and O–H groups in total. The van der Waals surface area contributed by atoms with E-state index in [0.29, 0.717) is 0 Å². The average molecular weight is 237 g/mol. The van der Waals surface area contributed by atoms with E-state index in [9.17, 15) is 4.79 Å². The molecule has 1 aliphatic rings. The lowest BCUT2D eigenvalue weighted by Gasteiger charge is -2.32. The third kappa shape index (κ3) is 2.81. The number of carbonyl (C=O) groups excluding carboxylic acids is 1. The molecule has 0 aromatic rings. The van der Waals surface area contributed by atoms with Crippen molar-refractivity contribution < 1.29 is 4.79 Å². The SMILES string of the molecule is C[Si](C)(C)[C]1[CH][CH][C]([Si](C)(C)C)[C]1C=O. The molecule has 1 saturated carbocycles. The molecule has 0 aromatic heterocycles. The third-order valence-electron chi connectivity index (χ3n) is 2.73. The Morgan fingerprint density at radius 1 is 0.867 bits per heavy atom. The Bertz CT molecular complexity index is 215. The van der Waals surface area contributed by atoms with E-state index in [0.717, 1.165) is 12.2 Å². The number of hydrogen-bond donors (Lipinski definition) is 0. The van der Waals surface area contributed by atoms with Crippen LogP contribution in [0.1, 0.15) is 0 Å². The monoisotopic (exact) mass is 237 g/mol. The molecule has 1 rings (SSSR count). The molecule has 15 heavy (non-hydrogen) atoms. The van der Waals surface area contributed by atoms with Crippen LogP contribution in [0.15, 0.2) is 0 Å².